The zero-order valence-electron chi connectivity index (χ0n) is 36.3. The highest BCUT2D eigenvalue weighted by Crippen LogP contribution is 2.36. The van der Waals surface area contributed by atoms with Crippen molar-refractivity contribution in [3.8, 4) is 34.4 Å². The molecule has 0 bridgehead atoms. The summed E-state index contributed by atoms with van der Waals surface area (Å²) in [6, 6.07) is 33.2. The third kappa shape index (κ3) is 9.88. The lowest BCUT2D eigenvalue weighted by molar-refractivity contribution is -0.135. The van der Waals surface area contributed by atoms with Crippen LogP contribution < -0.4 is 10.6 Å². The van der Waals surface area contributed by atoms with Gasteiger partial charge in [0.2, 0.25) is 5.91 Å². The fourth-order valence-corrected chi connectivity index (χ4v) is 9.16. The molecule has 2 aromatic heterocycles. The quantitative estimate of drug-likeness (QED) is 0.0846. The van der Waals surface area contributed by atoms with E-state index in [0.29, 0.717) is 37.7 Å². The number of benzene rings is 4. The number of alkyl carbamates (subject to hydrolysis) is 1. The van der Waals surface area contributed by atoms with Gasteiger partial charge in [0.15, 0.2) is 0 Å². The van der Waals surface area contributed by atoms with E-state index >= 15 is 0 Å². The number of aliphatic hydroxyl groups excluding tert-OH is 1. The van der Waals surface area contributed by atoms with E-state index in [1.807, 2.05) is 120 Å². The predicted molar refractivity (Wildman–Crippen MR) is 246 cm³/mol. The number of aromatic amines is 2. The molecule has 5 atom stereocenters. The van der Waals surface area contributed by atoms with Crippen molar-refractivity contribution in [2.24, 2.45) is 0 Å². The number of nitrogens with zero attached hydrogens (tertiary/aromatic N) is 5. The maximum Gasteiger partial charge on any atom is 0.407 e. The summed E-state index contributed by atoms with van der Waals surface area (Å²) >= 11 is 0. The first-order valence-electron chi connectivity index (χ1n) is 22.3. The summed E-state index contributed by atoms with van der Waals surface area (Å²) in [6.45, 7) is 3.14. The largest absolute Gasteiger partial charge is 0.453 e. The second-order valence-corrected chi connectivity index (χ2v) is 16.9. The molecule has 3 amide bonds. The van der Waals surface area contributed by atoms with E-state index in [4.69, 9.17) is 14.7 Å². The van der Waals surface area contributed by atoms with Crippen LogP contribution >= 0.6 is 0 Å². The summed E-state index contributed by atoms with van der Waals surface area (Å²) in [5.74, 6) is 7.84. The van der Waals surface area contributed by atoms with Gasteiger partial charge >= 0.3 is 6.09 Å². The molecule has 0 saturated carbocycles. The molecule has 5 heterocycles. The van der Waals surface area contributed by atoms with Crippen molar-refractivity contribution in [2.75, 3.05) is 40.0 Å². The van der Waals surface area contributed by atoms with Gasteiger partial charge in [-0.1, -0.05) is 96.8 Å². The Morgan fingerprint density at radius 3 is 1.66 bits per heavy atom. The number of aliphatic hydroxyl groups is 1. The maximum absolute atomic E-state index is 14.2. The van der Waals surface area contributed by atoms with Crippen LogP contribution in [0.4, 0.5) is 4.79 Å². The van der Waals surface area contributed by atoms with Crippen LogP contribution in [0.5, 0.6) is 0 Å². The number of likely N-dealkylation sites (tertiary alicyclic amines) is 3. The second-order valence-electron chi connectivity index (χ2n) is 16.9. The minimum absolute atomic E-state index is 0.0241. The van der Waals surface area contributed by atoms with Gasteiger partial charge in [0.25, 0.3) is 5.91 Å². The molecule has 3 fully saturated rings. The standard InChI is InChI=1S/C51H53N9O5/c1-65-51(64)57-46(39-12-6-3-7-13-39)50(63)60-28-9-15-44(60)48-53-31-42(56-48)37-24-20-35(21-25-37)17-16-34-18-22-36(23-19-34)41-30-52-47(55-41)43-14-8-27-59(43)49(62)45(38-10-4-2-5-11-38)54-33-58-29-26-40(61)32-58/h2-7,10-13,18-25,30-31,40,43-46,54,61H,8-9,14-15,26-29,32-33H2,1H3,(H,52,55)(H,53,56)(H,57,64)/t40-,43+,44+,45-,46-/m1/s1. The number of hydrogen-bond acceptors (Lipinski definition) is 9. The van der Waals surface area contributed by atoms with Crippen LogP contribution in [0.3, 0.4) is 0 Å². The van der Waals surface area contributed by atoms with E-state index in [2.05, 4.69) is 37.3 Å². The lowest BCUT2D eigenvalue weighted by atomic mass is 10.0. The molecule has 65 heavy (non-hydrogen) atoms. The number of H-pyrrole nitrogens is 2. The van der Waals surface area contributed by atoms with Crippen LogP contribution in [0.2, 0.25) is 0 Å². The van der Waals surface area contributed by atoms with Crippen molar-refractivity contribution >= 4 is 17.9 Å². The van der Waals surface area contributed by atoms with E-state index < -0.39 is 18.2 Å². The van der Waals surface area contributed by atoms with Gasteiger partial charge < -0.3 is 34.9 Å². The molecule has 332 valence electrons. The normalized spacial score (nSPS) is 19.4. The highest BCUT2D eigenvalue weighted by Gasteiger charge is 2.38. The summed E-state index contributed by atoms with van der Waals surface area (Å²) in [4.78, 5) is 62.7. The summed E-state index contributed by atoms with van der Waals surface area (Å²) in [5, 5.41) is 16.2. The Labute approximate surface area is 378 Å². The van der Waals surface area contributed by atoms with Gasteiger partial charge in [-0.25, -0.2) is 14.8 Å². The van der Waals surface area contributed by atoms with Crippen molar-refractivity contribution in [1.29, 1.82) is 0 Å². The molecule has 5 N–H and O–H groups in total. The summed E-state index contributed by atoms with van der Waals surface area (Å²) in [7, 11) is 1.28. The van der Waals surface area contributed by atoms with Crippen LogP contribution in [-0.4, -0.2) is 104 Å². The molecular weight excluding hydrogens is 819 g/mol. The highest BCUT2D eigenvalue weighted by molar-refractivity contribution is 5.87. The number of aromatic nitrogens is 4. The van der Waals surface area contributed by atoms with Crippen LogP contribution in [0.1, 0.15) is 90.2 Å². The average Bonchev–Trinajstić information content (AvgIpc) is 4.22. The minimum Gasteiger partial charge on any atom is -0.453 e. The van der Waals surface area contributed by atoms with Crippen molar-refractivity contribution in [2.45, 2.75) is 62.4 Å². The van der Waals surface area contributed by atoms with E-state index in [1.165, 1.54) is 7.11 Å². The SMILES string of the molecule is COC(=O)N[C@@H](C(=O)N1CCC[C@H]1c1ncc(-c2ccc(C#Cc3ccc(-c4cnc([C@@H]5CCCN5C(=O)[C@H](NCN5CC[C@@H](O)C5)c5ccccc5)[nH]4)cc3)cc2)[nH]1)c1ccccc1. The van der Waals surface area contributed by atoms with Crippen LogP contribution in [0, 0.1) is 11.8 Å². The van der Waals surface area contributed by atoms with Crippen molar-refractivity contribution < 1.29 is 24.2 Å². The van der Waals surface area contributed by atoms with Crippen molar-refractivity contribution in [1.82, 2.24) is 45.3 Å². The summed E-state index contributed by atoms with van der Waals surface area (Å²) in [5.41, 5.74) is 6.96. The number of carbonyl (C=O) groups is 3. The number of amides is 3. The van der Waals surface area contributed by atoms with Crippen LogP contribution in [0.15, 0.2) is 122 Å². The number of hydrogen-bond donors (Lipinski definition) is 5. The number of imidazole rings is 2. The number of ether oxygens (including phenoxy) is 1. The Hall–Kier alpha value is -7.05. The van der Waals surface area contributed by atoms with Gasteiger partial charge in [0.1, 0.15) is 23.7 Å². The zero-order chi connectivity index (χ0) is 44.7. The summed E-state index contributed by atoms with van der Waals surface area (Å²) in [6.07, 6.45) is 6.66. The molecule has 3 saturated heterocycles. The highest BCUT2D eigenvalue weighted by atomic mass is 16.5. The monoisotopic (exact) mass is 871 g/mol. The summed E-state index contributed by atoms with van der Waals surface area (Å²) < 4.78 is 4.83. The van der Waals surface area contributed by atoms with Crippen molar-refractivity contribution in [3.05, 3.63) is 155 Å². The zero-order valence-corrected chi connectivity index (χ0v) is 36.3. The van der Waals surface area contributed by atoms with E-state index in [1.54, 1.807) is 11.1 Å². The Balaban J connectivity index is 0.824. The molecule has 6 aromatic rings. The van der Waals surface area contributed by atoms with Gasteiger partial charge in [-0.15, -0.1) is 0 Å². The van der Waals surface area contributed by atoms with Gasteiger partial charge in [-0.2, -0.15) is 0 Å². The Bertz CT molecular complexity index is 2640. The molecule has 9 rings (SSSR count). The predicted octanol–water partition coefficient (Wildman–Crippen LogP) is 6.65. The van der Waals surface area contributed by atoms with Crippen LogP contribution in [0.25, 0.3) is 22.5 Å². The third-order valence-electron chi connectivity index (χ3n) is 12.6. The van der Waals surface area contributed by atoms with Gasteiger partial charge in [0, 0.05) is 44.0 Å². The van der Waals surface area contributed by atoms with E-state index in [-0.39, 0.29) is 30.0 Å². The molecule has 0 spiro atoms. The van der Waals surface area contributed by atoms with Gasteiger partial charge in [-0.3, -0.25) is 19.8 Å². The molecule has 4 aromatic carbocycles. The Morgan fingerprint density at radius 2 is 1.18 bits per heavy atom. The second kappa shape index (κ2) is 19.8. The topological polar surface area (TPSA) is 172 Å². The number of methoxy groups -OCH3 is 1. The Morgan fingerprint density at radius 1 is 0.692 bits per heavy atom. The average molecular weight is 872 g/mol. The Kier molecular flexibility index (Phi) is 13.1. The number of β-amino-alcohol motifs (C(OH)–C–C–N with tert-alkyl or cyclic N) is 1. The van der Waals surface area contributed by atoms with Gasteiger partial charge in [0.05, 0.1) is 49.1 Å². The number of rotatable bonds is 12. The smallest absolute Gasteiger partial charge is 0.407 e. The molecule has 0 aliphatic carbocycles. The first kappa shape index (κ1) is 43.2. The van der Waals surface area contributed by atoms with E-state index in [9.17, 15) is 19.5 Å². The van der Waals surface area contributed by atoms with E-state index in [0.717, 1.165) is 83.7 Å². The number of carbonyl (C=O) groups excluding carboxylic acids is 3. The van der Waals surface area contributed by atoms with Crippen LogP contribution in [-0.2, 0) is 14.3 Å². The molecule has 14 heteroatoms. The fourth-order valence-electron chi connectivity index (χ4n) is 9.16. The maximum atomic E-state index is 14.2. The molecule has 14 nitrogen and oxygen atoms in total. The first-order chi connectivity index (χ1) is 31.8. The fraction of sp³-hybridized carbons (Fsp3) is 0.314. The van der Waals surface area contributed by atoms with Crippen molar-refractivity contribution in [3.63, 3.8) is 0 Å². The number of nitrogens with one attached hydrogen (secondary N) is 4. The molecule has 3 aliphatic rings. The third-order valence-corrected chi connectivity index (χ3v) is 12.6. The first-order valence-corrected chi connectivity index (χ1v) is 22.3. The lowest BCUT2D eigenvalue weighted by Gasteiger charge is -2.30. The minimum atomic E-state index is -0.881. The molecule has 0 unspecified atom stereocenters. The lowest BCUT2D eigenvalue weighted by Crippen LogP contribution is -2.44. The molecular formula is C51H53N9O5. The van der Waals surface area contributed by atoms with Gasteiger partial charge in [-0.05, 0) is 78.6 Å². The molecule has 0 radical (unpaired) electrons. The molecule has 3 aliphatic heterocycles.